The average Bonchev–Trinajstić information content (AvgIpc) is 2.28. The first-order valence-electron chi connectivity index (χ1n) is 5.96. The second-order valence-corrected chi connectivity index (χ2v) is 6.11. The summed E-state index contributed by atoms with van der Waals surface area (Å²) in [5.74, 6) is -0.0854. The fourth-order valence-electron chi connectivity index (χ4n) is 1.81. The minimum Gasteiger partial charge on any atom is -0.339 e. The SMILES string of the molecule is CCCS(=O)(=O)NC(C)C(=O)N1CCNCC1. The molecule has 1 heterocycles. The van der Waals surface area contributed by atoms with Crippen LogP contribution in [0, 0.1) is 0 Å². The van der Waals surface area contributed by atoms with Gasteiger partial charge in [-0.3, -0.25) is 4.79 Å². The molecule has 0 aromatic rings. The van der Waals surface area contributed by atoms with Crippen LogP contribution in [0.3, 0.4) is 0 Å². The number of nitrogens with one attached hydrogen (secondary N) is 2. The molecule has 1 saturated heterocycles. The van der Waals surface area contributed by atoms with Crippen molar-refractivity contribution in [3.63, 3.8) is 0 Å². The van der Waals surface area contributed by atoms with Crippen LogP contribution in [0.25, 0.3) is 0 Å². The maximum Gasteiger partial charge on any atom is 0.240 e. The normalized spacial score (nSPS) is 19.1. The van der Waals surface area contributed by atoms with Gasteiger partial charge < -0.3 is 10.2 Å². The predicted octanol–water partition coefficient (Wildman–Crippen LogP) is -0.864. The first-order valence-corrected chi connectivity index (χ1v) is 7.61. The van der Waals surface area contributed by atoms with E-state index in [1.807, 2.05) is 0 Å². The molecule has 6 nitrogen and oxygen atoms in total. The Balaban J connectivity index is 2.51. The third kappa shape index (κ3) is 4.61. The van der Waals surface area contributed by atoms with Crippen LogP contribution in [0.15, 0.2) is 0 Å². The molecular formula is C10H21N3O3S. The number of hydrogen-bond donors (Lipinski definition) is 2. The molecule has 0 saturated carbocycles. The highest BCUT2D eigenvalue weighted by Gasteiger charge is 2.25. The number of carbonyl (C=O) groups excluding carboxylic acids is 1. The number of rotatable bonds is 5. The van der Waals surface area contributed by atoms with Gasteiger partial charge in [0.2, 0.25) is 15.9 Å². The highest BCUT2D eigenvalue weighted by molar-refractivity contribution is 7.89. The summed E-state index contributed by atoms with van der Waals surface area (Å²) in [6.07, 6.45) is 0.546. The van der Waals surface area contributed by atoms with Crippen molar-refractivity contribution >= 4 is 15.9 Å². The maximum atomic E-state index is 12.0. The first kappa shape index (κ1) is 14.4. The van der Waals surface area contributed by atoms with Gasteiger partial charge in [0.1, 0.15) is 0 Å². The van der Waals surface area contributed by atoms with Gasteiger partial charge in [0, 0.05) is 26.2 Å². The van der Waals surface area contributed by atoms with Crippen LogP contribution >= 0.6 is 0 Å². The van der Waals surface area contributed by atoms with E-state index in [0.717, 1.165) is 13.1 Å². The van der Waals surface area contributed by atoms with Gasteiger partial charge in [0.25, 0.3) is 0 Å². The van der Waals surface area contributed by atoms with Crippen molar-refractivity contribution in [3.8, 4) is 0 Å². The Morgan fingerprint density at radius 2 is 2.00 bits per heavy atom. The largest absolute Gasteiger partial charge is 0.339 e. The molecular weight excluding hydrogens is 242 g/mol. The molecule has 1 amide bonds. The van der Waals surface area contributed by atoms with Gasteiger partial charge >= 0.3 is 0 Å². The van der Waals surface area contributed by atoms with E-state index in [0.29, 0.717) is 19.5 Å². The van der Waals surface area contributed by atoms with Crippen molar-refractivity contribution in [1.82, 2.24) is 14.9 Å². The molecule has 0 spiro atoms. The molecule has 1 aliphatic rings. The van der Waals surface area contributed by atoms with Crippen molar-refractivity contribution < 1.29 is 13.2 Å². The van der Waals surface area contributed by atoms with E-state index in [1.54, 1.807) is 18.7 Å². The molecule has 0 aromatic heterocycles. The quantitative estimate of drug-likeness (QED) is 0.676. The summed E-state index contributed by atoms with van der Waals surface area (Å²) in [7, 11) is -3.33. The second-order valence-electron chi connectivity index (χ2n) is 4.23. The summed E-state index contributed by atoms with van der Waals surface area (Å²) >= 11 is 0. The molecule has 0 aromatic carbocycles. The van der Waals surface area contributed by atoms with Crippen LogP contribution in [-0.4, -0.2) is 57.2 Å². The number of sulfonamides is 1. The monoisotopic (exact) mass is 263 g/mol. The summed E-state index contributed by atoms with van der Waals surface area (Å²) in [4.78, 5) is 13.6. The van der Waals surface area contributed by atoms with E-state index in [-0.39, 0.29) is 11.7 Å². The van der Waals surface area contributed by atoms with Crippen molar-refractivity contribution in [3.05, 3.63) is 0 Å². The zero-order valence-electron chi connectivity index (χ0n) is 10.4. The summed E-state index contributed by atoms with van der Waals surface area (Å²) in [6, 6.07) is -0.676. The molecule has 7 heteroatoms. The number of hydrogen-bond acceptors (Lipinski definition) is 4. The van der Waals surface area contributed by atoms with Crippen LogP contribution in [0.5, 0.6) is 0 Å². The lowest BCUT2D eigenvalue weighted by atomic mass is 10.2. The number of carbonyl (C=O) groups is 1. The standard InChI is InChI=1S/C10H21N3O3S/c1-3-8-17(15,16)12-9(2)10(14)13-6-4-11-5-7-13/h9,11-12H,3-8H2,1-2H3. The van der Waals surface area contributed by atoms with Crippen molar-refractivity contribution in [2.75, 3.05) is 31.9 Å². The Morgan fingerprint density at radius 3 is 2.53 bits per heavy atom. The van der Waals surface area contributed by atoms with Crippen LogP contribution in [0.1, 0.15) is 20.3 Å². The number of amides is 1. The van der Waals surface area contributed by atoms with E-state index in [2.05, 4.69) is 10.0 Å². The van der Waals surface area contributed by atoms with Gasteiger partial charge in [0.05, 0.1) is 11.8 Å². The Bertz CT molecular complexity index is 350. The Labute approximate surface area is 103 Å². The van der Waals surface area contributed by atoms with Crippen LogP contribution in [-0.2, 0) is 14.8 Å². The first-order chi connectivity index (χ1) is 7.96. The third-order valence-electron chi connectivity index (χ3n) is 2.63. The van der Waals surface area contributed by atoms with E-state index >= 15 is 0 Å². The minimum absolute atomic E-state index is 0.0617. The molecule has 1 atom stereocenters. The van der Waals surface area contributed by atoms with Gasteiger partial charge in [-0.1, -0.05) is 6.92 Å². The van der Waals surface area contributed by atoms with Crippen LogP contribution in [0.4, 0.5) is 0 Å². The van der Waals surface area contributed by atoms with Gasteiger partial charge in [0.15, 0.2) is 0 Å². The van der Waals surface area contributed by atoms with Crippen molar-refractivity contribution in [2.24, 2.45) is 0 Å². The van der Waals surface area contributed by atoms with Gasteiger partial charge in [-0.2, -0.15) is 0 Å². The Kier molecular flexibility index (Phi) is 5.35. The smallest absolute Gasteiger partial charge is 0.240 e. The number of nitrogens with zero attached hydrogens (tertiary/aromatic N) is 1. The Morgan fingerprint density at radius 1 is 1.41 bits per heavy atom. The highest BCUT2D eigenvalue weighted by atomic mass is 32.2. The predicted molar refractivity (Wildman–Crippen MR) is 66.1 cm³/mol. The summed E-state index contributed by atoms with van der Waals surface area (Å²) in [5.41, 5.74) is 0. The fraction of sp³-hybridized carbons (Fsp3) is 0.900. The number of piperazine rings is 1. The zero-order chi connectivity index (χ0) is 12.9. The summed E-state index contributed by atoms with van der Waals surface area (Å²) < 4.78 is 25.5. The van der Waals surface area contributed by atoms with E-state index in [1.165, 1.54) is 0 Å². The van der Waals surface area contributed by atoms with Crippen LogP contribution in [0.2, 0.25) is 0 Å². The van der Waals surface area contributed by atoms with E-state index in [9.17, 15) is 13.2 Å². The topological polar surface area (TPSA) is 78.5 Å². The molecule has 0 aliphatic carbocycles. The summed E-state index contributed by atoms with van der Waals surface area (Å²) in [6.45, 7) is 6.19. The zero-order valence-corrected chi connectivity index (χ0v) is 11.2. The fourth-order valence-corrected chi connectivity index (χ4v) is 3.10. The maximum absolute atomic E-state index is 12.0. The van der Waals surface area contributed by atoms with Gasteiger partial charge in [-0.15, -0.1) is 0 Å². The van der Waals surface area contributed by atoms with Crippen molar-refractivity contribution in [2.45, 2.75) is 26.3 Å². The van der Waals surface area contributed by atoms with Crippen molar-refractivity contribution in [1.29, 1.82) is 0 Å². The third-order valence-corrected chi connectivity index (χ3v) is 4.29. The van der Waals surface area contributed by atoms with Gasteiger partial charge in [-0.25, -0.2) is 13.1 Å². The molecule has 1 fully saturated rings. The minimum atomic E-state index is -3.33. The summed E-state index contributed by atoms with van der Waals surface area (Å²) in [5, 5.41) is 3.14. The lowest BCUT2D eigenvalue weighted by Gasteiger charge is -2.29. The molecule has 1 aliphatic heterocycles. The highest BCUT2D eigenvalue weighted by Crippen LogP contribution is 2.00. The molecule has 100 valence electrons. The van der Waals surface area contributed by atoms with Gasteiger partial charge in [-0.05, 0) is 13.3 Å². The second kappa shape index (κ2) is 6.32. The lowest BCUT2D eigenvalue weighted by molar-refractivity contribution is -0.133. The molecule has 0 bridgehead atoms. The van der Waals surface area contributed by atoms with Crippen LogP contribution < -0.4 is 10.0 Å². The lowest BCUT2D eigenvalue weighted by Crippen LogP contribution is -2.53. The molecule has 17 heavy (non-hydrogen) atoms. The Hall–Kier alpha value is -0.660. The molecule has 1 unspecified atom stereocenters. The average molecular weight is 263 g/mol. The van der Waals surface area contributed by atoms with E-state index < -0.39 is 16.1 Å². The van der Waals surface area contributed by atoms with E-state index in [4.69, 9.17) is 0 Å². The molecule has 0 radical (unpaired) electrons. The molecule has 1 rings (SSSR count). The molecule has 2 N–H and O–H groups in total.